The zero-order valence-corrected chi connectivity index (χ0v) is 21.3. The van der Waals surface area contributed by atoms with Crippen LogP contribution in [0, 0.1) is 11.2 Å². The number of hydrogen-bond acceptors (Lipinski definition) is 4. The minimum absolute atomic E-state index is 0.166. The molecule has 4 aromatic carbocycles. The first-order valence-corrected chi connectivity index (χ1v) is 13.1. The Morgan fingerprint density at radius 2 is 1.41 bits per heavy atom. The first-order chi connectivity index (χ1) is 18.9. The third-order valence-corrected chi connectivity index (χ3v) is 8.60. The highest BCUT2D eigenvalue weighted by Gasteiger charge is 2.71. The Labute approximate surface area is 229 Å². The lowest BCUT2D eigenvalue weighted by atomic mass is 9.64. The summed E-state index contributed by atoms with van der Waals surface area (Å²) < 4.78 is 15.7. The molecule has 4 aromatic rings. The molecule has 39 heavy (non-hydrogen) atoms. The number of halogens is 2. The van der Waals surface area contributed by atoms with E-state index in [2.05, 4.69) is 0 Å². The minimum atomic E-state index is -1.73. The number of hydrogen-bond donors (Lipinski definition) is 0. The van der Waals surface area contributed by atoms with Gasteiger partial charge in [0.1, 0.15) is 17.3 Å². The second kappa shape index (κ2) is 8.58. The van der Waals surface area contributed by atoms with E-state index in [-0.39, 0.29) is 22.9 Å². The molecule has 1 unspecified atom stereocenters. The zero-order valence-electron chi connectivity index (χ0n) is 20.6. The lowest BCUT2D eigenvalue weighted by Crippen LogP contribution is -2.48. The van der Waals surface area contributed by atoms with Gasteiger partial charge in [0.15, 0.2) is 17.3 Å². The van der Waals surface area contributed by atoms with Crippen LogP contribution in [0.3, 0.4) is 0 Å². The largest absolute Gasteiger partial charge is 0.352 e. The maximum absolute atomic E-state index is 15.7. The molecule has 6 heteroatoms. The first kappa shape index (κ1) is 23.7. The number of fused-ring (bicyclic) bond motifs is 5. The van der Waals surface area contributed by atoms with Crippen molar-refractivity contribution in [1.82, 2.24) is 0 Å². The number of Topliss-reactive ketones (excluding diaryl/α,β-unsaturated/α-hetero) is 3. The normalized spacial score (nSPS) is 22.1. The van der Waals surface area contributed by atoms with Gasteiger partial charge < -0.3 is 4.90 Å². The Morgan fingerprint density at radius 3 is 2.10 bits per heavy atom. The van der Waals surface area contributed by atoms with Gasteiger partial charge in [0.2, 0.25) is 0 Å². The van der Waals surface area contributed by atoms with E-state index < -0.39 is 29.2 Å². The van der Waals surface area contributed by atoms with Crippen LogP contribution in [0.25, 0.3) is 6.08 Å². The summed E-state index contributed by atoms with van der Waals surface area (Å²) in [6, 6.07) is 25.1. The summed E-state index contributed by atoms with van der Waals surface area (Å²) in [4.78, 5) is 45.4. The van der Waals surface area contributed by atoms with Gasteiger partial charge in [-0.05, 0) is 47.5 Å². The first-order valence-electron chi connectivity index (χ1n) is 12.7. The highest BCUT2D eigenvalue weighted by Crippen LogP contribution is 2.61. The second-order valence-electron chi connectivity index (χ2n) is 10.2. The van der Waals surface area contributed by atoms with Gasteiger partial charge in [-0.3, -0.25) is 14.4 Å². The monoisotopic (exact) mass is 533 g/mol. The summed E-state index contributed by atoms with van der Waals surface area (Å²) in [7, 11) is 0. The molecule has 190 valence electrons. The maximum atomic E-state index is 15.7. The molecular formula is C33H21ClFNO3. The van der Waals surface area contributed by atoms with E-state index in [1.165, 1.54) is 6.07 Å². The van der Waals surface area contributed by atoms with Crippen LogP contribution in [-0.4, -0.2) is 29.4 Å². The number of carbonyl (C=O) groups excluding carboxylic acids is 3. The van der Waals surface area contributed by atoms with Crippen molar-refractivity contribution >= 4 is 40.7 Å². The van der Waals surface area contributed by atoms with Gasteiger partial charge in [-0.15, -0.1) is 0 Å². The molecule has 2 aliphatic heterocycles. The van der Waals surface area contributed by atoms with Crippen molar-refractivity contribution in [3.05, 3.63) is 142 Å². The molecule has 0 saturated carbocycles. The molecule has 4 nitrogen and oxygen atoms in total. The van der Waals surface area contributed by atoms with Gasteiger partial charge in [-0.2, -0.15) is 0 Å². The van der Waals surface area contributed by atoms with Crippen molar-refractivity contribution in [2.75, 3.05) is 4.90 Å². The van der Waals surface area contributed by atoms with Crippen molar-refractivity contribution in [2.45, 2.75) is 18.0 Å². The number of carbonyl (C=O) groups is 3. The van der Waals surface area contributed by atoms with Crippen LogP contribution in [0.2, 0.25) is 5.02 Å². The SMILES string of the molecule is O=C(c1ccc(Cl)cc1)[C@@H]1[C@@H](c2ccccc2F)C2(C(=O)c3ccccc3C2=O)C2C=Cc3ccccc3N21. The van der Waals surface area contributed by atoms with Gasteiger partial charge in [0, 0.05) is 33.3 Å². The number of para-hydroxylation sites is 1. The fraction of sp³-hybridized carbons (Fsp3) is 0.121. The molecule has 0 amide bonds. The molecule has 3 atom stereocenters. The third kappa shape index (κ3) is 3.14. The maximum Gasteiger partial charge on any atom is 0.185 e. The molecule has 1 spiro atoms. The number of rotatable bonds is 3. The van der Waals surface area contributed by atoms with E-state index in [1.807, 2.05) is 41.3 Å². The molecule has 7 rings (SSSR count). The number of nitrogens with zero attached hydrogens (tertiary/aromatic N) is 1. The molecule has 0 radical (unpaired) electrons. The Morgan fingerprint density at radius 1 is 0.795 bits per heavy atom. The Kier molecular flexibility index (Phi) is 5.23. The third-order valence-electron chi connectivity index (χ3n) is 8.35. The van der Waals surface area contributed by atoms with Crippen molar-refractivity contribution in [1.29, 1.82) is 0 Å². The Hall–Kier alpha value is -4.35. The van der Waals surface area contributed by atoms with Crippen LogP contribution in [0.15, 0.2) is 103 Å². The van der Waals surface area contributed by atoms with E-state index >= 15 is 4.39 Å². The molecule has 0 bridgehead atoms. The quantitative estimate of drug-likeness (QED) is 0.215. The predicted molar refractivity (Wildman–Crippen MR) is 148 cm³/mol. The van der Waals surface area contributed by atoms with Crippen LogP contribution >= 0.6 is 11.6 Å². The fourth-order valence-corrected chi connectivity index (χ4v) is 6.90. The van der Waals surface area contributed by atoms with E-state index in [0.717, 1.165) is 5.56 Å². The van der Waals surface area contributed by atoms with Crippen LogP contribution in [0.4, 0.5) is 10.1 Å². The zero-order chi connectivity index (χ0) is 26.9. The van der Waals surface area contributed by atoms with Crippen molar-refractivity contribution in [2.24, 2.45) is 5.41 Å². The van der Waals surface area contributed by atoms with Gasteiger partial charge in [-0.25, -0.2) is 4.39 Å². The lowest BCUT2D eigenvalue weighted by molar-refractivity contribution is 0.0664. The highest BCUT2D eigenvalue weighted by molar-refractivity contribution is 6.32. The van der Waals surface area contributed by atoms with Crippen molar-refractivity contribution < 1.29 is 18.8 Å². The topological polar surface area (TPSA) is 54.5 Å². The Bertz CT molecular complexity index is 1690. The number of anilines is 1. The summed E-state index contributed by atoms with van der Waals surface area (Å²) in [6.45, 7) is 0. The van der Waals surface area contributed by atoms with Gasteiger partial charge >= 0.3 is 0 Å². The molecule has 1 saturated heterocycles. The van der Waals surface area contributed by atoms with Crippen molar-refractivity contribution in [3.8, 4) is 0 Å². The molecule has 2 heterocycles. The van der Waals surface area contributed by atoms with Crippen LogP contribution < -0.4 is 4.90 Å². The highest BCUT2D eigenvalue weighted by atomic mass is 35.5. The summed E-state index contributed by atoms with van der Waals surface area (Å²) in [5, 5.41) is 0.473. The average Bonchev–Trinajstić information content (AvgIpc) is 3.39. The minimum Gasteiger partial charge on any atom is -0.352 e. The molecule has 0 aromatic heterocycles. The summed E-state index contributed by atoms with van der Waals surface area (Å²) in [6.07, 6.45) is 3.71. The summed E-state index contributed by atoms with van der Waals surface area (Å²) in [5.41, 5.74) is 0.965. The predicted octanol–water partition coefficient (Wildman–Crippen LogP) is 6.80. The van der Waals surface area contributed by atoms with Gasteiger partial charge in [-0.1, -0.05) is 84.4 Å². The summed E-state index contributed by atoms with van der Waals surface area (Å²) >= 11 is 6.12. The van der Waals surface area contributed by atoms with Crippen LogP contribution in [0.5, 0.6) is 0 Å². The van der Waals surface area contributed by atoms with Crippen LogP contribution in [0.1, 0.15) is 48.1 Å². The van der Waals surface area contributed by atoms with Gasteiger partial charge in [0.25, 0.3) is 0 Å². The smallest absolute Gasteiger partial charge is 0.185 e. The van der Waals surface area contributed by atoms with E-state index in [4.69, 9.17) is 11.6 Å². The molecule has 1 fully saturated rings. The van der Waals surface area contributed by atoms with Crippen molar-refractivity contribution in [3.63, 3.8) is 0 Å². The van der Waals surface area contributed by atoms with E-state index in [0.29, 0.717) is 27.4 Å². The van der Waals surface area contributed by atoms with Crippen LogP contribution in [-0.2, 0) is 0 Å². The Balaban J connectivity index is 1.56. The van der Waals surface area contributed by atoms with Gasteiger partial charge in [0.05, 0.1) is 6.04 Å². The molecule has 0 N–H and O–H groups in total. The number of benzene rings is 4. The second-order valence-corrected chi connectivity index (χ2v) is 10.6. The summed E-state index contributed by atoms with van der Waals surface area (Å²) in [5.74, 6) is -2.74. The molecule has 3 aliphatic rings. The molecular weight excluding hydrogens is 513 g/mol. The average molecular weight is 534 g/mol. The molecule has 1 aliphatic carbocycles. The standard InChI is InChI=1S/C33H21ClFNO3/c34-21-16-13-20(14-17-21)30(37)29-28(24-10-4-5-11-25(24)35)33(31(38)22-8-2-3-9-23(22)32(33)39)27-18-15-19-7-1-6-12-26(19)36(27)29/h1-18,27-29H/t27?,28-,29+/m1/s1. The lowest BCUT2D eigenvalue weighted by Gasteiger charge is -2.37. The number of ketones is 3. The van der Waals surface area contributed by atoms with E-state index in [1.54, 1.807) is 66.7 Å². The van der Waals surface area contributed by atoms with E-state index in [9.17, 15) is 14.4 Å². The fourth-order valence-electron chi connectivity index (χ4n) is 6.77.